The van der Waals surface area contributed by atoms with Crippen LogP contribution in [0.5, 0.6) is 0 Å². The molecular weight excluding hydrogens is 322 g/mol. The molecule has 4 nitrogen and oxygen atoms in total. The van der Waals surface area contributed by atoms with Crippen molar-refractivity contribution in [3.8, 4) is 0 Å². The second-order valence-electron chi connectivity index (χ2n) is 4.90. The zero-order valence-corrected chi connectivity index (χ0v) is 13.9. The highest BCUT2D eigenvalue weighted by atomic mass is 35.5. The first kappa shape index (κ1) is 16.5. The number of hydrogen-bond acceptors (Lipinski definition) is 3. The van der Waals surface area contributed by atoms with Gasteiger partial charge < -0.3 is 4.79 Å². The van der Waals surface area contributed by atoms with Gasteiger partial charge in [0.25, 0.3) is 10.0 Å². The summed E-state index contributed by atoms with van der Waals surface area (Å²) < 4.78 is 26.7. The molecule has 0 spiro atoms. The summed E-state index contributed by atoms with van der Waals surface area (Å²) in [6.45, 7) is 3.33. The molecule has 0 saturated heterocycles. The smallest absolute Gasteiger partial charge is 0.264 e. The van der Waals surface area contributed by atoms with Crippen molar-refractivity contribution < 1.29 is 13.2 Å². The maximum atomic E-state index is 12.8. The van der Waals surface area contributed by atoms with Gasteiger partial charge in [0, 0.05) is 5.02 Å². The van der Waals surface area contributed by atoms with E-state index in [1.54, 1.807) is 37.3 Å². The van der Waals surface area contributed by atoms with E-state index in [1.165, 1.54) is 12.1 Å². The minimum absolute atomic E-state index is 0.138. The van der Waals surface area contributed by atoms with E-state index in [0.717, 1.165) is 9.87 Å². The van der Waals surface area contributed by atoms with Crippen molar-refractivity contribution >= 4 is 33.6 Å². The molecule has 0 amide bonds. The molecule has 0 heterocycles. The van der Waals surface area contributed by atoms with E-state index >= 15 is 0 Å². The highest BCUT2D eigenvalue weighted by Crippen LogP contribution is 2.30. The fraction of sp³-hybridized carbons (Fsp3) is 0.188. The molecule has 22 heavy (non-hydrogen) atoms. The van der Waals surface area contributed by atoms with Gasteiger partial charge in [0.2, 0.25) is 0 Å². The van der Waals surface area contributed by atoms with Crippen molar-refractivity contribution in [2.24, 2.45) is 0 Å². The third-order valence-electron chi connectivity index (χ3n) is 3.36. The van der Waals surface area contributed by atoms with Crippen LogP contribution in [-0.2, 0) is 14.8 Å². The number of anilines is 1. The fourth-order valence-corrected chi connectivity index (χ4v) is 3.72. The molecule has 0 fully saturated rings. The standard InChI is InChI=1S/C16H16ClNO3S/c1-12-6-8-14(9-7-12)22(20,21)18(10-11-19)16-5-3-4-15(17)13(16)2/h3-9,11H,10H2,1-2H3. The van der Waals surface area contributed by atoms with Crippen molar-refractivity contribution in [1.82, 2.24) is 0 Å². The van der Waals surface area contributed by atoms with Gasteiger partial charge in [-0.3, -0.25) is 4.31 Å². The molecule has 2 aromatic rings. The summed E-state index contributed by atoms with van der Waals surface area (Å²) in [7, 11) is -3.83. The molecule has 0 aliphatic rings. The second-order valence-corrected chi connectivity index (χ2v) is 7.17. The lowest BCUT2D eigenvalue weighted by molar-refractivity contribution is -0.106. The number of sulfonamides is 1. The Morgan fingerprint density at radius 3 is 2.32 bits per heavy atom. The third-order valence-corrected chi connectivity index (χ3v) is 5.56. The predicted molar refractivity (Wildman–Crippen MR) is 88.0 cm³/mol. The van der Waals surface area contributed by atoms with Crippen molar-refractivity contribution in [2.75, 3.05) is 10.8 Å². The Labute approximate surface area is 135 Å². The Kier molecular flexibility index (Phi) is 4.88. The van der Waals surface area contributed by atoms with Crippen LogP contribution < -0.4 is 4.31 Å². The molecule has 6 heteroatoms. The van der Waals surface area contributed by atoms with Crippen LogP contribution in [-0.4, -0.2) is 21.2 Å². The lowest BCUT2D eigenvalue weighted by Crippen LogP contribution is -2.33. The Hall–Kier alpha value is -1.85. The SMILES string of the molecule is Cc1ccc(S(=O)(=O)N(CC=O)c2cccc(Cl)c2C)cc1. The Morgan fingerprint density at radius 1 is 1.09 bits per heavy atom. The van der Waals surface area contributed by atoms with Gasteiger partial charge in [0.05, 0.1) is 17.1 Å². The van der Waals surface area contributed by atoms with E-state index in [2.05, 4.69) is 0 Å². The lowest BCUT2D eigenvalue weighted by Gasteiger charge is -2.24. The van der Waals surface area contributed by atoms with Crippen molar-refractivity contribution in [3.63, 3.8) is 0 Å². The summed E-state index contributed by atoms with van der Waals surface area (Å²) in [5, 5.41) is 0.451. The number of hydrogen-bond donors (Lipinski definition) is 0. The van der Waals surface area contributed by atoms with E-state index in [-0.39, 0.29) is 11.4 Å². The molecule has 0 bridgehead atoms. The first-order chi connectivity index (χ1) is 10.4. The zero-order chi connectivity index (χ0) is 16.3. The van der Waals surface area contributed by atoms with Crippen LogP contribution in [0.2, 0.25) is 5.02 Å². The number of halogens is 1. The van der Waals surface area contributed by atoms with Crippen molar-refractivity contribution in [2.45, 2.75) is 18.7 Å². The van der Waals surface area contributed by atoms with Gasteiger partial charge in [-0.2, -0.15) is 0 Å². The topological polar surface area (TPSA) is 54.5 Å². The molecule has 0 unspecified atom stereocenters. The number of carbonyl (C=O) groups excluding carboxylic acids is 1. The number of nitrogens with zero attached hydrogens (tertiary/aromatic N) is 1. The first-order valence-electron chi connectivity index (χ1n) is 6.66. The number of aldehydes is 1. The molecule has 0 aliphatic heterocycles. The van der Waals surface area contributed by atoms with Crippen LogP contribution in [0.15, 0.2) is 47.4 Å². The Morgan fingerprint density at radius 2 is 1.73 bits per heavy atom. The number of rotatable bonds is 5. The lowest BCUT2D eigenvalue weighted by atomic mass is 10.2. The van der Waals surface area contributed by atoms with E-state index < -0.39 is 10.0 Å². The van der Waals surface area contributed by atoms with Gasteiger partial charge in [-0.05, 0) is 43.7 Å². The molecular formula is C16H16ClNO3S. The van der Waals surface area contributed by atoms with Crippen LogP contribution in [0.3, 0.4) is 0 Å². The van der Waals surface area contributed by atoms with Gasteiger partial charge in [0.15, 0.2) is 0 Å². The van der Waals surface area contributed by atoms with Crippen LogP contribution in [0, 0.1) is 13.8 Å². The average molecular weight is 338 g/mol. The van der Waals surface area contributed by atoms with Crippen LogP contribution >= 0.6 is 11.6 Å². The molecule has 0 aliphatic carbocycles. The molecule has 0 atom stereocenters. The summed E-state index contributed by atoms with van der Waals surface area (Å²) in [6, 6.07) is 11.5. The van der Waals surface area contributed by atoms with Gasteiger partial charge in [0.1, 0.15) is 6.29 Å². The summed E-state index contributed by atoms with van der Waals surface area (Å²) in [4.78, 5) is 11.1. The minimum Gasteiger partial charge on any atom is -0.301 e. The summed E-state index contributed by atoms with van der Waals surface area (Å²) >= 11 is 6.07. The van der Waals surface area contributed by atoms with Crippen molar-refractivity contribution in [1.29, 1.82) is 0 Å². The molecule has 0 N–H and O–H groups in total. The molecule has 2 rings (SSSR count). The predicted octanol–water partition coefficient (Wildman–Crippen LogP) is 3.35. The molecule has 116 valence electrons. The van der Waals surface area contributed by atoms with Gasteiger partial charge in [-0.1, -0.05) is 35.4 Å². The average Bonchev–Trinajstić information content (AvgIpc) is 2.48. The van der Waals surface area contributed by atoms with Gasteiger partial charge in [-0.25, -0.2) is 8.42 Å². The third kappa shape index (κ3) is 3.15. The Balaban J connectivity index is 2.58. The zero-order valence-electron chi connectivity index (χ0n) is 12.3. The quantitative estimate of drug-likeness (QED) is 0.786. The Bertz CT molecular complexity index is 786. The molecule has 0 saturated carbocycles. The molecule has 0 radical (unpaired) electrons. The van der Waals surface area contributed by atoms with E-state index in [4.69, 9.17) is 11.6 Å². The summed E-state index contributed by atoms with van der Waals surface area (Å²) in [6.07, 6.45) is 0.562. The number of benzene rings is 2. The summed E-state index contributed by atoms with van der Waals surface area (Å²) in [5.74, 6) is 0. The van der Waals surface area contributed by atoms with E-state index in [9.17, 15) is 13.2 Å². The first-order valence-corrected chi connectivity index (χ1v) is 8.48. The number of carbonyl (C=O) groups is 1. The van der Waals surface area contributed by atoms with Crippen molar-refractivity contribution in [3.05, 3.63) is 58.6 Å². The normalized spacial score (nSPS) is 11.2. The second kappa shape index (κ2) is 6.50. The van der Waals surface area contributed by atoms with Crippen LogP contribution in [0.1, 0.15) is 11.1 Å². The monoisotopic (exact) mass is 337 g/mol. The summed E-state index contributed by atoms with van der Waals surface area (Å²) in [5.41, 5.74) is 1.97. The highest BCUT2D eigenvalue weighted by Gasteiger charge is 2.26. The minimum atomic E-state index is -3.83. The molecule has 0 aromatic heterocycles. The van der Waals surface area contributed by atoms with Gasteiger partial charge >= 0.3 is 0 Å². The highest BCUT2D eigenvalue weighted by molar-refractivity contribution is 7.92. The molecule has 2 aromatic carbocycles. The number of aryl methyl sites for hydroxylation is 1. The largest absolute Gasteiger partial charge is 0.301 e. The van der Waals surface area contributed by atoms with E-state index in [0.29, 0.717) is 22.6 Å². The van der Waals surface area contributed by atoms with Crippen LogP contribution in [0.4, 0.5) is 5.69 Å². The van der Waals surface area contributed by atoms with Gasteiger partial charge in [-0.15, -0.1) is 0 Å². The van der Waals surface area contributed by atoms with Crippen LogP contribution in [0.25, 0.3) is 0 Å². The van der Waals surface area contributed by atoms with E-state index in [1.807, 2.05) is 6.92 Å². The maximum absolute atomic E-state index is 12.8. The maximum Gasteiger partial charge on any atom is 0.264 e. The fourth-order valence-electron chi connectivity index (χ4n) is 2.10.